The van der Waals surface area contributed by atoms with Gasteiger partial charge in [-0.2, -0.15) is 5.26 Å². The number of ether oxygens (including phenoxy) is 1. The number of hydrogen-bond acceptors (Lipinski definition) is 3. The highest BCUT2D eigenvalue weighted by Gasteiger charge is 2.57. The number of hydrogen-bond donors (Lipinski definition) is 1. The minimum absolute atomic E-state index is 0.124. The Balaban J connectivity index is 1.96. The first-order chi connectivity index (χ1) is 9.06. The maximum Gasteiger partial charge on any atom is 0.116 e. The molecule has 0 aliphatic carbocycles. The highest BCUT2D eigenvalue weighted by Crippen LogP contribution is 2.53. The van der Waals surface area contributed by atoms with E-state index in [1.54, 1.807) is 0 Å². The van der Waals surface area contributed by atoms with Crippen LogP contribution in [0.3, 0.4) is 0 Å². The van der Waals surface area contributed by atoms with Gasteiger partial charge in [-0.05, 0) is 43.4 Å². The van der Waals surface area contributed by atoms with E-state index in [9.17, 15) is 10.4 Å². The van der Waals surface area contributed by atoms with Crippen molar-refractivity contribution in [2.75, 3.05) is 0 Å². The van der Waals surface area contributed by atoms with Gasteiger partial charge in [0.1, 0.15) is 11.5 Å². The highest BCUT2D eigenvalue weighted by atomic mass is 79.9. The van der Waals surface area contributed by atoms with E-state index in [-0.39, 0.29) is 12.2 Å². The van der Waals surface area contributed by atoms with Crippen molar-refractivity contribution in [3.05, 3.63) is 33.8 Å². The summed E-state index contributed by atoms with van der Waals surface area (Å²) in [7, 11) is 0. The summed E-state index contributed by atoms with van der Waals surface area (Å²) in [6.45, 7) is 1.98. The molecule has 0 aromatic heterocycles. The molecule has 0 amide bonds. The van der Waals surface area contributed by atoms with Gasteiger partial charge >= 0.3 is 0 Å². The smallest absolute Gasteiger partial charge is 0.116 e. The molecule has 4 atom stereocenters. The lowest BCUT2D eigenvalue weighted by molar-refractivity contribution is 0.00338. The fraction of sp³-hybridized carbons (Fsp3) is 0.533. The Hall–Kier alpha value is -0.890. The van der Waals surface area contributed by atoms with E-state index in [0.29, 0.717) is 6.42 Å². The van der Waals surface area contributed by atoms with Gasteiger partial charge in [0.2, 0.25) is 0 Å². The Bertz CT molecular complexity index is 554. The Morgan fingerprint density at radius 2 is 2.32 bits per heavy atom. The van der Waals surface area contributed by atoms with Crippen LogP contribution in [0.1, 0.15) is 36.5 Å². The van der Waals surface area contributed by atoms with Crippen LogP contribution in [0.5, 0.6) is 0 Å². The summed E-state index contributed by atoms with van der Waals surface area (Å²) >= 11 is 3.45. The minimum atomic E-state index is -0.778. The number of aliphatic hydroxyl groups is 1. The molecule has 4 unspecified atom stereocenters. The lowest BCUT2D eigenvalue weighted by Gasteiger charge is -2.33. The van der Waals surface area contributed by atoms with E-state index in [0.717, 1.165) is 28.4 Å². The summed E-state index contributed by atoms with van der Waals surface area (Å²) < 4.78 is 6.80. The van der Waals surface area contributed by atoms with E-state index in [1.165, 1.54) is 0 Å². The molecular formula is C15H16BrNO2. The molecule has 0 spiro atoms. The summed E-state index contributed by atoms with van der Waals surface area (Å²) in [5, 5.41) is 20.3. The largest absolute Gasteiger partial charge is 0.387 e. The summed E-state index contributed by atoms with van der Waals surface area (Å²) in [5.41, 5.74) is 1.09. The Kier molecular flexibility index (Phi) is 3.17. The number of nitriles is 1. The van der Waals surface area contributed by atoms with Crippen LogP contribution < -0.4 is 0 Å². The second-order valence-corrected chi connectivity index (χ2v) is 6.45. The van der Waals surface area contributed by atoms with E-state index in [4.69, 9.17) is 4.74 Å². The number of aryl methyl sites for hydroxylation is 1. The number of nitrogens with zero attached hydrogens (tertiary/aromatic N) is 1. The predicted octanol–water partition coefficient (Wildman–Crippen LogP) is 3.25. The van der Waals surface area contributed by atoms with Gasteiger partial charge in [-0.25, -0.2) is 0 Å². The molecule has 2 aliphatic heterocycles. The molecule has 1 aromatic rings. The molecule has 0 saturated carbocycles. The number of rotatable bonds is 2. The van der Waals surface area contributed by atoms with Crippen molar-refractivity contribution in [3.8, 4) is 6.07 Å². The molecule has 3 nitrogen and oxygen atoms in total. The van der Waals surface area contributed by atoms with Crippen molar-refractivity contribution in [3.63, 3.8) is 0 Å². The van der Waals surface area contributed by atoms with E-state index in [2.05, 4.69) is 22.0 Å². The minimum Gasteiger partial charge on any atom is -0.387 e. The fourth-order valence-electron chi connectivity index (χ4n) is 3.34. The van der Waals surface area contributed by atoms with E-state index >= 15 is 0 Å². The second kappa shape index (κ2) is 4.59. The quantitative estimate of drug-likeness (QED) is 0.909. The van der Waals surface area contributed by atoms with Crippen molar-refractivity contribution in [2.24, 2.45) is 5.41 Å². The fourth-order valence-corrected chi connectivity index (χ4v) is 3.59. The molecule has 3 rings (SSSR count). The molecular weight excluding hydrogens is 306 g/mol. The van der Waals surface area contributed by atoms with Crippen LogP contribution in [0.4, 0.5) is 0 Å². The van der Waals surface area contributed by atoms with Gasteiger partial charge in [-0.3, -0.25) is 0 Å². The molecule has 1 aromatic carbocycles. The summed E-state index contributed by atoms with van der Waals surface area (Å²) in [4.78, 5) is 0. The molecule has 2 fully saturated rings. The molecule has 4 heteroatoms. The second-order valence-electron chi connectivity index (χ2n) is 5.59. The van der Waals surface area contributed by atoms with Gasteiger partial charge in [0.15, 0.2) is 0 Å². The zero-order chi connectivity index (χ0) is 13.6. The van der Waals surface area contributed by atoms with Crippen LogP contribution >= 0.6 is 15.9 Å². The summed E-state index contributed by atoms with van der Waals surface area (Å²) in [6.07, 6.45) is 1.78. The van der Waals surface area contributed by atoms with E-state index in [1.807, 2.05) is 25.1 Å². The Morgan fingerprint density at radius 1 is 1.53 bits per heavy atom. The molecule has 100 valence electrons. The van der Waals surface area contributed by atoms with Crippen molar-refractivity contribution < 1.29 is 9.84 Å². The number of aliphatic hydroxyl groups excluding tert-OH is 1. The molecule has 1 N–H and O–H groups in total. The third-order valence-corrected chi connectivity index (χ3v) is 5.33. The van der Waals surface area contributed by atoms with Crippen molar-refractivity contribution in [1.82, 2.24) is 0 Å². The maximum absolute atomic E-state index is 10.7. The van der Waals surface area contributed by atoms with Crippen molar-refractivity contribution in [2.45, 2.75) is 44.5 Å². The van der Waals surface area contributed by atoms with E-state index < -0.39 is 11.5 Å². The zero-order valence-corrected chi connectivity index (χ0v) is 12.4. The number of fused-ring (bicyclic) bond motifs is 2. The SMILES string of the molecule is Cc1cc(C(O)C2(C#N)CC3CCC2O3)ccc1Br. The van der Waals surface area contributed by atoms with Gasteiger partial charge in [0, 0.05) is 4.47 Å². The molecule has 19 heavy (non-hydrogen) atoms. The number of benzene rings is 1. The van der Waals surface area contributed by atoms with Crippen LogP contribution in [0, 0.1) is 23.7 Å². The highest BCUT2D eigenvalue weighted by molar-refractivity contribution is 9.10. The molecule has 2 heterocycles. The number of halogens is 1. The standard InChI is InChI=1S/C15H16BrNO2/c1-9-6-10(2-4-12(9)16)14(18)15(8-17)7-11-3-5-13(15)19-11/h2,4,6,11,13-14,18H,3,5,7H2,1H3. The topological polar surface area (TPSA) is 53.2 Å². The first-order valence-corrected chi connectivity index (χ1v) is 7.37. The Morgan fingerprint density at radius 3 is 2.84 bits per heavy atom. The van der Waals surface area contributed by atoms with Gasteiger partial charge in [0.25, 0.3) is 0 Å². The lowest BCUT2D eigenvalue weighted by atomic mass is 9.69. The van der Waals surface area contributed by atoms with Gasteiger partial charge in [-0.1, -0.05) is 28.1 Å². The third-order valence-electron chi connectivity index (χ3n) is 4.44. The van der Waals surface area contributed by atoms with Gasteiger partial charge in [-0.15, -0.1) is 0 Å². The maximum atomic E-state index is 10.7. The van der Waals surface area contributed by atoms with Crippen molar-refractivity contribution >= 4 is 15.9 Å². The Labute approximate surface area is 121 Å². The third kappa shape index (κ3) is 1.92. The van der Waals surface area contributed by atoms with Crippen LogP contribution in [0.2, 0.25) is 0 Å². The molecule has 2 aliphatic rings. The van der Waals surface area contributed by atoms with Crippen LogP contribution in [0.15, 0.2) is 22.7 Å². The van der Waals surface area contributed by atoms with Crippen LogP contribution in [-0.2, 0) is 4.74 Å². The average molecular weight is 322 g/mol. The predicted molar refractivity (Wildman–Crippen MR) is 74.4 cm³/mol. The van der Waals surface area contributed by atoms with Crippen molar-refractivity contribution in [1.29, 1.82) is 5.26 Å². The van der Waals surface area contributed by atoms with Crippen LogP contribution in [-0.4, -0.2) is 17.3 Å². The monoisotopic (exact) mass is 321 g/mol. The normalized spacial score (nSPS) is 34.2. The summed E-state index contributed by atoms with van der Waals surface area (Å²) in [5.74, 6) is 0. The molecule has 0 radical (unpaired) electrons. The first kappa shape index (κ1) is 13.1. The van der Waals surface area contributed by atoms with Crippen LogP contribution in [0.25, 0.3) is 0 Å². The lowest BCUT2D eigenvalue weighted by Crippen LogP contribution is -2.37. The average Bonchev–Trinajstić information content (AvgIpc) is 3.02. The summed E-state index contributed by atoms with van der Waals surface area (Å²) in [6, 6.07) is 8.10. The zero-order valence-electron chi connectivity index (χ0n) is 10.8. The molecule has 2 bridgehead atoms. The first-order valence-electron chi connectivity index (χ1n) is 6.57. The molecule has 2 saturated heterocycles. The van der Waals surface area contributed by atoms with Gasteiger partial charge < -0.3 is 9.84 Å². The van der Waals surface area contributed by atoms with Gasteiger partial charge in [0.05, 0.1) is 18.3 Å².